The highest BCUT2D eigenvalue weighted by Crippen LogP contribution is 2.32. The number of nitrogens with one attached hydrogen (secondary N) is 1. The smallest absolute Gasteiger partial charge is 0.405 e. The van der Waals surface area contributed by atoms with Crippen molar-refractivity contribution in [2.75, 3.05) is 34.4 Å². The molecule has 1 aliphatic carbocycles. The second kappa shape index (κ2) is 21.7. The molecule has 1 aliphatic heterocycles. The van der Waals surface area contributed by atoms with Gasteiger partial charge in [0.2, 0.25) is 11.6 Å². The van der Waals surface area contributed by atoms with Crippen LogP contribution in [-0.4, -0.2) is 97.8 Å². The van der Waals surface area contributed by atoms with E-state index in [2.05, 4.69) is 12.2 Å². The molecule has 0 aromatic heterocycles. The van der Waals surface area contributed by atoms with Crippen molar-refractivity contribution in [2.24, 2.45) is 17.6 Å². The molecule has 2 bridgehead atoms. The van der Waals surface area contributed by atoms with Crippen molar-refractivity contribution in [1.82, 2.24) is 10.4 Å². The summed E-state index contributed by atoms with van der Waals surface area (Å²) in [5, 5.41) is 25.8. The number of carbonyl (C=O) groups is 4. The Bertz CT molecular complexity index is 1380. The molecule has 13 nitrogen and oxygen atoms in total. The van der Waals surface area contributed by atoms with Gasteiger partial charge in [-0.3, -0.25) is 14.4 Å². The van der Waals surface area contributed by atoms with Gasteiger partial charge >= 0.3 is 6.09 Å². The number of allylic oxidation sites excluding steroid dienone is 4. The van der Waals surface area contributed by atoms with Crippen LogP contribution in [0.5, 0.6) is 0 Å². The summed E-state index contributed by atoms with van der Waals surface area (Å²) in [6, 6.07) is 0. The predicted octanol–water partition coefficient (Wildman–Crippen LogP) is 4.83. The number of nitrogens with zero attached hydrogens (tertiary/aromatic N) is 1. The Kier molecular flexibility index (Phi) is 18.5. The number of hydroxylamine groups is 2. The first kappa shape index (κ1) is 43.5. The molecule has 5 N–H and O–H groups in total. The molecule has 0 fully saturated rings. The topological polar surface area (TPSA) is 187 Å². The summed E-state index contributed by atoms with van der Waals surface area (Å²) in [4.78, 5) is 53.5. The van der Waals surface area contributed by atoms with Crippen LogP contribution in [0.1, 0.15) is 86.0 Å². The lowest BCUT2D eigenvalue weighted by Gasteiger charge is -2.30. The van der Waals surface area contributed by atoms with Crippen molar-refractivity contribution in [3.63, 3.8) is 0 Å². The fraction of sp³-hybridized carbons (Fsp3) is 0.632. The number of rotatable bonds is 13. The molecule has 0 saturated carbocycles. The molecule has 1 heterocycles. The largest absolute Gasteiger partial charge is 0.492 e. The van der Waals surface area contributed by atoms with Crippen molar-refractivity contribution < 1.29 is 48.4 Å². The van der Waals surface area contributed by atoms with Gasteiger partial charge in [-0.2, -0.15) is 5.06 Å². The number of unbranched alkanes of at least 4 members (excludes halogenated alkanes) is 5. The third-order valence-electron chi connectivity index (χ3n) is 9.31. The number of amides is 2. The molecule has 6 unspecified atom stereocenters. The molecule has 6 atom stereocenters. The van der Waals surface area contributed by atoms with Crippen LogP contribution in [0.25, 0.3) is 0 Å². The third-order valence-corrected chi connectivity index (χ3v) is 9.31. The Labute approximate surface area is 302 Å². The van der Waals surface area contributed by atoms with Crippen LogP contribution in [0.4, 0.5) is 4.79 Å². The minimum absolute atomic E-state index is 0.0800. The molecule has 0 spiro atoms. The van der Waals surface area contributed by atoms with E-state index >= 15 is 0 Å². The molecule has 0 aromatic rings. The van der Waals surface area contributed by atoms with Crippen molar-refractivity contribution in [2.45, 2.75) is 110 Å². The number of methoxy groups -OCH3 is 3. The highest BCUT2D eigenvalue weighted by molar-refractivity contribution is 6.25. The Morgan fingerprint density at radius 3 is 2.29 bits per heavy atom. The lowest BCUT2D eigenvalue weighted by atomic mass is 9.83. The van der Waals surface area contributed by atoms with Crippen molar-refractivity contribution in [3.05, 3.63) is 58.1 Å². The lowest BCUT2D eigenvalue weighted by molar-refractivity contribution is -0.123. The first-order valence-electron chi connectivity index (χ1n) is 17.8. The van der Waals surface area contributed by atoms with Crippen LogP contribution in [0, 0.1) is 11.8 Å². The summed E-state index contributed by atoms with van der Waals surface area (Å²) in [7, 11) is 4.21. The van der Waals surface area contributed by atoms with Gasteiger partial charge in [0.05, 0.1) is 31.6 Å². The van der Waals surface area contributed by atoms with Crippen LogP contribution in [0.2, 0.25) is 0 Å². The normalized spacial score (nSPS) is 28.6. The van der Waals surface area contributed by atoms with Crippen LogP contribution in [0.15, 0.2) is 58.1 Å². The molecule has 13 heteroatoms. The number of primary amides is 1. The Morgan fingerprint density at radius 1 is 1.02 bits per heavy atom. The van der Waals surface area contributed by atoms with E-state index in [-0.39, 0.29) is 53.6 Å². The Balaban J connectivity index is 2.63. The molecule has 286 valence electrons. The predicted molar refractivity (Wildman–Crippen MR) is 192 cm³/mol. The third kappa shape index (κ3) is 12.8. The number of Topliss-reactive ketones (excluding diaryl/α,β-unsaturated/α-hetero) is 2. The average molecular weight is 718 g/mol. The fourth-order valence-electron chi connectivity index (χ4n) is 6.39. The van der Waals surface area contributed by atoms with Gasteiger partial charge in [0.15, 0.2) is 11.9 Å². The van der Waals surface area contributed by atoms with Crippen molar-refractivity contribution in [3.8, 4) is 0 Å². The Hall–Kier alpha value is -3.62. The first-order valence-corrected chi connectivity index (χ1v) is 17.8. The zero-order chi connectivity index (χ0) is 38.2. The maximum atomic E-state index is 14.2. The number of hydrogen-bond donors (Lipinski definition) is 4. The summed E-state index contributed by atoms with van der Waals surface area (Å²) >= 11 is 0. The number of fused-ring (bicyclic) bond motifs is 2. The molecule has 0 radical (unpaired) electrons. The number of aliphatic hydroxyl groups is 1. The van der Waals surface area contributed by atoms with Gasteiger partial charge in [-0.25, -0.2) is 4.79 Å². The number of ketones is 2. The zero-order valence-corrected chi connectivity index (χ0v) is 31.5. The van der Waals surface area contributed by atoms with Crippen LogP contribution >= 0.6 is 0 Å². The average Bonchev–Trinajstić information content (AvgIpc) is 3.09. The van der Waals surface area contributed by atoms with E-state index in [0.29, 0.717) is 18.4 Å². The van der Waals surface area contributed by atoms with Gasteiger partial charge in [-0.15, -0.1) is 0 Å². The summed E-state index contributed by atoms with van der Waals surface area (Å²) in [5.74, 6) is -2.77. The van der Waals surface area contributed by atoms with Gasteiger partial charge < -0.3 is 40.3 Å². The molecule has 0 aromatic carbocycles. The zero-order valence-electron chi connectivity index (χ0n) is 31.5. The van der Waals surface area contributed by atoms with Crippen LogP contribution in [-0.2, 0) is 33.3 Å². The number of nitrogens with two attached hydrogens (primary N) is 1. The quantitative estimate of drug-likeness (QED) is 0.0885. The summed E-state index contributed by atoms with van der Waals surface area (Å²) in [6.07, 6.45) is 8.25. The standard InChI is InChI=1S/C38H59N3O10/c1-9-10-11-12-13-14-18-41(47)22-28-31-33(43)27(36(50-8)34(28)44)19-23(2)20-30(49-7)32(42)25(4)21-26(5)35(51-38(39)46)29(48-6)17-15-16-24(3)37(45)40-31/h15-17,21,23,25,29-30,32,35,42,47H,9-14,18-20,22H2,1-8H3,(H2,39,46)(H,40,45)/b17-15-,24-16+,26-21+. The number of carbonyl (C=O) groups excluding carboxylic acids is 4. The maximum Gasteiger partial charge on any atom is 0.405 e. The fourth-order valence-corrected chi connectivity index (χ4v) is 6.39. The second-order valence-corrected chi connectivity index (χ2v) is 13.5. The highest BCUT2D eigenvalue weighted by atomic mass is 16.6. The highest BCUT2D eigenvalue weighted by Gasteiger charge is 2.38. The first-order chi connectivity index (χ1) is 24.2. The summed E-state index contributed by atoms with van der Waals surface area (Å²) in [6.45, 7) is 9.02. The minimum atomic E-state index is -1.02. The molecule has 2 aliphatic rings. The second-order valence-electron chi connectivity index (χ2n) is 13.5. The number of hydrogen-bond acceptors (Lipinski definition) is 11. The van der Waals surface area contributed by atoms with E-state index in [0.717, 1.165) is 37.2 Å². The van der Waals surface area contributed by atoms with E-state index < -0.39 is 53.9 Å². The van der Waals surface area contributed by atoms with Crippen LogP contribution in [0.3, 0.4) is 0 Å². The van der Waals surface area contributed by atoms with Gasteiger partial charge in [0.1, 0.15) is 6.10 Å². The number of aliphatic hydroxyl groups excluding tert-OH is 1. The molecular weight excluding hydrogens is 658 g/mol. The Morgan fingerprint density at radius 2 is 1.69 bits per heavy atom. The summed E-state index contributed by atoms with van der Waals surface area (Å²) in [5.41, 5.74) is 5.91. The molecule has 2 amide bonds. The van der Waals surface area contributed by atoms with Gasteiger partial charge in [0.25, 0.3) is 5.91 Å². The van der Waals surface area contributed by atoms with Crippen molar-refractivity contribution >= 4 is 23.6 Å². The number of ether oxygens (including phenoxy) is 4. The maximum absolute atomic E-state index is 14.2. The van der Waals surface area contributed by atoms with E-state index in [1.165, 1.54) is 40.4 Å². The van der Waals surface area contributed by atoms with E-state index in [9.17, 15) is 29.5 Å². The van der Waals surface area contributed by atoms with Gasteiger partial charge in [-0.05, 0) is 44.6 Å². The van der Waals surface area contributed by atoms with E-state index in [1.807, 2.05) is 6.92 Å². The lowest BCUT2D eigenvalue weighted by Crippen LogP contribution is -2.39. The monoisotopic (exact) mass is 717 g/mol. The van der Waals surface area contributed by atoms with Gasteiger partial charge in [-0.1, -0.05) is 77.2 Å². The van der Waals surface area contributed by atoms with Crippen molar-refractivity contribution in [1.29, 1.82) is 0 Å². The SMILES string of the molecule is CCCCCCCCN(O)CC1=C2NC(=O)/C(C)=C/C=C\C(OC)C(OC(N)=O)/C(C)=C/C(C)C(O)C(OC)CC(C)CC(=C(OC)C1=O)C2=O. The summed E-state index contributed by atoms with van der Waals surface area (Å²) < 4.78 is 22.2. The minimum Gasteiger partial charge on any atom is -0.492 e. The van der Waals surface area contributed by atoms with Gasteiger partial charge in [0, 0.05) is 43.4 Å². The van der Waals surface area contributed by atoms with Crippen LogP contribution < -0.4 is 11.1 Å². The molecule has 2 rings (SSSR count). The van der Waals surface area contributed by atoms with E-state index in [1.54, 1.807) is 26.0 Å². The molecule has 51 heavy (non-hydrogen) atoms. The van der Waals surface area contributed by atoms with E-state index in [4.69, 9.17) is 24.7 Å². The molecular formula is C38H59N3O10. The molecule has 0 saturated heterocycles.